The molecule has 6 heteroatoms. The number of aryl methyl sites for hydroxylation is 1. The van der Waals surface area contributed by atoms with E-state index < -0.39 is 0 Å². The van der Waals surface area contributed by atoms with E-state index in [9.17, 15) is 4.79 Å². The zero-order valence-electron chi connectivity index (χ0n) is 20.3. The summed E-state index contributed by atoms with van der Waals surface area (Å²) in [5.74, 6) is 0.0463. The second-order valence-corrected chi connectivity index (χ2v) is 9.99. The van der Waals surface area contributed by atoms with Gasteiger partial charge in [-0.1, -0.05) is 43.7 Å². The van der Waals surface area contributed by atoms with Gasteiger partial charge in [0.2, 0.25) is 5.91 Å². The van der Waals surface area contributed by atoms with Gasteiger partial charge in [-0.3, -0.25) is 9.20 Å². The number of halogens is 1. The summed E-state index contributed by atoms with van der Waals surface area (Å²) in [6.45, 7) is 5.52. The predicted molar refractivity (Wildman–Crippen MR) is 140 cm³/mol. The number of carbonyl (C=O) groups is 1. The molecule has 5 nitrogen and oxygen atoms in total. The molecule has 1 N–H and O–H groups in total. The molecule has 0 spiro atoms. The molecule has 0 bridgehead atoms. The zero-order valence-corrected chi connectivity index (χ0v) is 21.1. The second kappa shape index (κ2) is 11.7. The van der Waals surface area contributed by atoms with Crippen molar-refractivity contribution in [3.8, 4) is 11.1 Å². The molecule has 0 saturated carbocycles. The van der Waals surface area contributed by atoms with Crippen LogP contribution in [0.1, 0.15) is 63.8 Å². The molecule has 1 aliphatic rings. The Bertz CT molecular complexity index is 1140. The topological polar surface area (TPSA) is 49.4 Å². The molecule has 2 aromatic heterocycles. The zero-order chi connectivity index (χ0) is 23.9. The van der Waals surface area contributed by atoms with Crippen molar-refractivity contribution in [2.75, 3.05) is 6.54 Å². The highest BCUT2D eigenvalue weighted by Gasteiger charge is 2.23. The third-order valence-electron chi connectivity index (χ3n) is 6.61. The summed E-state index contributed by atoms with van der Waals surface area (Å²) in [4.78, 5) is 16.5. The number of fused-ring (bicyclic) bond motifs is 1. The van der Waals surface area contributed by atoms with E-state index in [1.54, 1.807) is 6.92 Å². The van der Waals surface area contributed by atoms with Gasteiger partial charge >= 0.3 is 0 Å². The van der Waals surface area contributed by atoms with Gasteiger partial charge in [0, 0.05) is 37.4 Å². The van der Waals surface area contributed by atoms with Gasteiger partial charge in [-0.25, -0.2) is 9.56 Å². The highest BCUT2D eigenvalue weighted by molar-refractivity contribution is 6.20. The quantitative estimate of drug-likeness (QED) is 0.303. The molecule has 1 aromatic carbocycles. The van der Waals surface area contributed by atoms with Crippen LogP contribution in [-0.2, 0) is 17.8 Å². The molecular formula is C28H36ClN4O+. The van der Waals surface area contributed by atoms with Gasteiger partial charge < -0.3 is 5.32 Å². The van der Waals surface area contributed by atoms with Crippen molar-refractivity contribution in [2.45, 2.75) is 76.8 Å². The van der Waals surface area contributed by atoms with Crippen LogP contribution in [0.4, 0.5) is 0 Å². The number of nitrogens with one attached hydrogen (secondary N) is 1. The maximum absolute atomic E-state index is 11.4. The fourth-order valence-electron chi connectivity index (χ4n) is 4.82. The van der Waals surface area contributed by atoms with Crippen molar-refractivity contribution in [2.24, 2.45) is 0 Å². The summed E-state index contributed by atoms with van der Waals surface area (Å²) < 4.78 is 4.65. The number of hydrogen-bond acceptors (Lipinski definition) is 2. The van der Waals surface area contributed by atoms with Gasteiger partial charge in [0.15, 0.2) is 6.54 Å². The molecular weight excluding hydrogens is 444 g/mol. The lowest BCUT2D eigenvalue weighted by Crippen LogP contribution is -2.39. The van der Waals surface area contributed by atoms with E-state index in [1.807, 2.05) is 6.07 Å². The van der Waals surface area contributed by atoms with E-state index in [2.05, 4.69) is 70.0 Å². The van der Waals surface area contributed by atoms with Crippen LogP contribution in [0.2, 0.25) is 0 Å². The van der Waals surface area contributed by atoms with E-state index in [4.69, 9.17) is 16.6 Å². The lowest BCUT2D eigenvalue weighted by molar-refractivity contribution is -0.545. The predicted octanol–water partition coefficient (Wildman–Crippen LogP) is 5.61. The van der Waals surface area contributed by atoms with Gasteiger partial charge in [-0.15, -0.1) is 11.6 Å². The Morgan fingerprint density at radius 1 is 1.21 bits per heavy atom. The molecule has 3 aromatic rings. The molecule has 0 aliphatic carbocycles. The fraction of sp³-hybridized carbons (Fsp3) is 0.464. The molecule has 0 saturated heterocycles. The Morgan fingerprint density at radius 2 is 2.03 bits per heavy atom. The minimum Gasteiger partial charge on any atom is -0.353 e. The lowest BCUT2D eigenvalue weighted by Gasteiger charge is -2.19. The molecule has 2 unspecified atom stereocenters. The van der Waals surface area contributed by atoms with Crippen LogP contribution in [-0.4, -0.2) is 44.0 Å². The number of pyridine rings is 1. The van der Waals surface area contributed by atoms with Crippen LogP contribution < -0.4 is 5.32 Å². The van der Waals surface area contributed by atoms with Gasteiger partial charge in [0.1, 0.15) is 24.1 Å². The van der Waals surface area contributed by atoms with Crippen molar-refractivity contribution >= 4 is 29.4 Å². The lowest BCUT2D eigenvalue weighted by atomic mass is 10.1. The monoisotopic (exact) mass is 479 g/mol. The van der Waals surface area contributed by atoms with Gasteiger partial charge in [0.25, 0.3) is 0 Å². The molecule has 0 radical (unpaired) electrons. The van der Waals surface area contributed by atoms with E-state index in [1.165, 1.54) is 22.5 Å². The van der Waals surface area contributed by atoms with Crippen LogP contribution in [0.15, 0.2) is 48.7 Å². The first-order chi connectivity index (χ1) is 16.5. The number of carbonyl (C=O) groups excluding carboxylic acids is 1. The Kier molecular flexibility index (Phi) is 8.39. The number of hydrogen-bond donors (Lipinski definition) is 1. The largest absolute Gasteiger partial charge is 0.353 e. The highest BCUT2D eigenvalue weighted by Crippen LogP contribution is 2.24. The first kappa shape index (κ1) is 24.5. The summed E-state index contributed by atoms with van der Waals surface area (Å²) in [5.41, 5.74) is 5.81. The van der Waals surface area contributed by atoms with Gasteiger partial charge in [-0.2, -0.15) is 0 Å². The molecule has 4 rings (SSSR count). The first-order valence-electron chi connectivity index (χ1n) is 12.6. The number of alkyl halides is 1. The van der Waals surface area contributed by atoms with Crippen molar-refractivity contribution in [3.05, 3.63) is 60.0 Å². The molecule has 0 fully saturated rings. The Morgan fingerprint density at radius 3 is 2.74 bits per heavy atom. The Hall–Kier alpha value is -2.66. The maximum Gasteiger partial charge on any atom is 0.217 e. The number of amides is 1. The SMILES string of the molecule is CCCC(Cl)CCCc1nc2ccc(-c3ccccc3)cn2c1C[N+]1=CCC(NC(C)=O)CC1. The van der Waals surface area contributed by atoms with Crippen LogP contribution >= 0.6 is 11.6 Å². The number of aromatic nitrogens is 2. The van der Waals surface area contributed by atoms with Crippen LogP contribution in [0.25, 0.3) is 16.8 Å². The molecule has 2 atom stereocenters. The molecule has 1 amide bonds. The number of imidazole rings is 1. The van der Waals surface area contributed by atoms with Crippen LogP contribution in [0, 0.1) is 0 Å². The Labute approximate surface area is 207 Å². The van der Waals surface area contributed by atoms with Crippen molar-refractivity contribution in [3.63, 3.8) is 0 Å². The average Bonchev–Trinajstić information content (AvgIpc) is 3.17. The van der Waals surface area contributed by atoms with Crippen molar-refractivity contribution in [1.82, 2.24) is 14.7 Å². The molecule has 180 valence electrons. The maximum atomic E-state index is 11.4. The third-order valence-corrected chi connectivity index (χ3v) is 7.05. The normalized spacial score (nSPS) is 16.9. The van der Waals surface area contributed by atoms with E-state index in [-0.39, 0.29) is 17.3 Å². The van der Waals surface area contributed by atoms with E-state index >= 15 is 0 Å². The number of nitrogens with zero attached hydrogens (tertiary/aromatic N) is 3. The van der Waals surface area contributed by atoms with E-state index in [0.29, 0.717) is 0 Å². The number of rotatable bonds is 10. The Balaban J connectivity index is 1.60. The van der Waals surface area contributed by atoms with Crippen molar-refractivity contribution < 1.29 is 9.37 Å². The first-order valence-corrected chi connectivity index (χ1v) is 13.0. The smallest absolute Gasteiger partial charge is 0.217 e. The molecule has 3 heterocycles. The standard InChI is InChI=1S/C28H35ClN4O/c1-3-8-24(29)11-7-12-26-27(20-32-17-15-25(16-18-32)30-21(2)34)33-19-23(13-14-28(33)31-26)22-9-5-4-6-10-22/h4-6,9-10,13-14,17,19,24-25H,3,7-8,11-12,15-16,18,20H2,1-2H3/p+1. The minimum absolute atomic E-state index is 0.0463. The van der Waals surface area contributed by atoms with E-state index in [0.717, 1.165) is 63.7 Å². The summed E-state index contributed by atoms with van der Waals surface area (Å²) >= 11 is 6.49. The number of benzene rings is 1. The summed E-state index contributed by atoms with van der Waals surface area (Å²) in [5, 5.41) is 3.30. The van der Waals surface area contributed by atoms with Gasteiger partial charge in [-0.05, 0) is 48.9 Å². The average molecular weight is 480 g/mol. The van der Waals surface area contributed by atoms with Gasteiger partial charge in [0.05, 0.1) is 5.69 Å². The summed E-state index contributed by atoms with van der Waals surface area (Å²) in [6, 6.07) is 15.0. The van der Waals surface area contributed by atoms with Crippen molar-refractivity contribution in [1.29, 1.82) is 0 Å². The van der Waals surface area contributed by atoms with Crippen LogP contribution in [0.5, 0.6) is 0 Å². The summed E-state index contributed by atoms with van der Waals surface area (Å²) in [6.07, 6.45) is 11.5. The highest BCUT2D eigenvalue weighted by atomic mass is 35.5. The van der Waals surface area contributed by atoms with Crippen LogP contribution in [0.3, 0.4) is 0 Å². The second-order valence-electron chi connectivity index (χ2n) is 9.37. The fourth-order valence-corrected chi connectivity index (χ4v) is 5.19. The molecule has 34 heavy (non-hydrogen) atoms. The third kappa shape index (κ3) is 6.26. The minimum atomic E-state index is 0.0463. The summed E-state index contributed by atoms with van der Waals surface area (Å²) in [7, 11) is 0. The molecule has 1 aliphatic heterocycles.